The lowest BCUT2D eigenvalue weighted by Crippen LogP contribution is -2.55. The van der Waals surface area contributed by atoms with Crippen molar-refractivity contribution in [3.8, 4) is 51.0 Å². The van der Waals surface area contributed by atoms with Crippen molar-refractivity contribution in [3.05, 3.63) is 47.9 Å². The van der Waals surface area contributed by atoms with Crippen LogP contribution in [-0.2, 0) is 5.41 Å². The number of hydrogen-bond acceptors (Lipinski definition) is 5. The summed E-state index contributed by atoms with van der Waals surface area (Å²) in [5, 5.41) is 2.51. The quantitative estimate of drug-likeness (QED) is 0.165. The van der Waals surface area contributed by atoms with E-state index >= 15 is 0 Å². The van der Waals surface area contributed by atoms with Crippen LogP contribution in [0.25, 0.3) is 83.9 Å². The Morgan fingerprint density at radius 2 is 0.879 bits per heavy atom. The van der Waals surface area contributed by atoms with Crippen molar-refractivity contribution >= 4 is 259 Å². The van der Waals surface area contributed by atoms with Gasteiger partial charge in [-0.3, -0.25) is 4.57 Å². The van der Waals surface area contributed by atoms with Crippen LogP contribution in [0.2, 0.25) is 0 Å². The highest BCUT2D eigenvalue weighted by molar-refractivity contribution is 6.71. The number of rotatable bonds is 4. The Morgan fingerprint density at radius 1 is 0.439 bits per heavy atom. The molecule has 9 aromatic rings. The monoisotopic (exact) mass is 836 g/mol. The number of oxazole rings is 1. The topological polar surface area (TPSA) is 69.6 Å². The first-order valence-corrected chi connectivity index (χ1v) is 23.6. The summed E-state index contributed by atoms with van der Waals surface area (Å²) in [5.41, 5.74) is 34.9. The average molecular weight is 833 g/mol. The summed E-state index contributed by atoms with van der Waals surface area (Å²) in [6.07, 6.45) is 1.57. The molecule has 1 aliphatic carbocycles. The Kier molecular flexibility index (Phi) is 10.2. The van der Waals surface area contributed by atoms with Crippen LogP contribution < -0.4 is 92.9 Å². The highest BCUT2D eigenvalue weighted by atomic mass is 16.3. The minimum absolute atomic E-state index is 0.173. The van der Waals surface area contributed by atoms with Crippen molar-refractivity contribution in [2.24, 2.45) is 0 Å². The maximum absolute atomic E-state index is 6.12. The number of hydrogen-bond donors (Lipinski definition) is 0. The first-order valence-electron chi connectivity index (χ1n) is 23.6. The molecule has 0 N–H and O–H groups in total. The van der Waals surface area contributed by atoms with Gasteiger partial charge in [-0.2, -0.15) is 9.97 Å². The molecule has 0 amide bonds. The van der Waals surface area contributed by atoms with E-state index < -0.39 is 0 Å². The van der Waals surface area contributed by atoms with E-state index in [-0.39, 0.29) is 5.41 Å². The molecule has 6 nitrogen and oxygen atoms in total. The molecule has 0 radical (unpaired) electrons. The smallest absolute Gasteiger partial charge is 0.238 e. The third-order valence-electron chi connectivity index (χ3n) is 17.3. The molecule has 0 spiro atoms. The summed E-state index contributed by atoms with van der Waals surface area (Å²) in [4.78, 5) is 21.4. The fourth-order valence-electron chi connectivity index (χ4n) is 12.0. The fraction of sp³-hybridized carbons (Fsp3) is 0.0698. The zero-order valence-corrected chi connectivity index (χ0v) is 42.6. The van der Waals surface area contributed by atoms with Gasteiger partial charge >= 0.3 is 0 Å². The first kappa shape index (κ1) is 44.5. The van der Waals surface area contributed by atoms with Gasteiger partial charge in [0, 0.05) is 38.5 Å². The van der Waals surface area contributed by atoms with Crippen molar-refractivity contribution in [1.29, 1.82) is 0 Å². The Balaban J connectivity index is 1.35. The molecule has 3 heterocycles. The van der Waals surface area contributed by atoms with E-state index in [0.717, 1.165) is 38.8 Å². The van der Waals surface area contributed by atoms with Gasteiger partial charge in [-0.1, -0.05) is 86.7 Å². The average Bonchev–Trinajstić information content (AvgIpc) is 3.98. The third-order valence-corrected chi connectivity index (χ3v) is 17.3. The summed E-state index contributed by atoms with van der Waals surface area (Å²) in [6.45, 7) is 4.64. The van der Waals surface area contributed by atoms with Gasteiger partial charge in [0.1, 0.15) is 139 Å². The predicted octanol–water partition coefficient (Wildman–Crippen LogP) is -19.2. The van der Waals surface area contributed by atoms with Gasteiger partial charge in [-0.15, -0.1) is 38.2 Å². The third kappa shape index (κ3) is 5.86. The van der Waals surface area contributed by atoms with E-state index in [1.165, 1.54) is 131 Å². The summed E-state index contributed by atoms with van der Waals surface area (Å²) in [6, 6.07) is 11.4. The summed E-state index contributed by atoms with van der Waals surface area (Å²) in [7, 11) is 38.4. The normalized spacial score (nSPS) is 12.9. The minimum atomic E-state index is -0.173. The highest BCUT2D eigenvalue weighted by Gasteiger charge is 2.38. The zero-order chi connectivity index (χ0) is 47.5. The molecule has 0 bridgehead atoms. The SMILES string of the molecule is Bc1c(B)c(B)c(-c2nc(-c3c(B)c(B)c(B)c(B)c3B)nc(-n3c4c(B)c(B)c(B)c(B)c4c4c(B)c(-c5ccc6c(c5)-c5c(ccc7ncoc57)C6(C)C)c(B)c(B)c43)n2)c(B)c1B. The lowest BCUT2D eigenvalue weighted by Gasteiger charge is -2.23. The molecule has 1 aliphatic rings. The Morgan fingerprint density at radius 3 is 1.42 bits per heavy atom. The molecular weight excluding hydrogens is 786 g/mol. The van der Waals surface area contributed by atoms with E-state index in [0.29, 0.717) is 17.6 Å². The van der Waals surface area contributed by atoms with E-state index in [1.807, 2.05) is 0 Å². The summed E-state index contributed by atoms with van der Waals surface area (Å²) < 4.78 is 8.53. The van der Waals surface area contributed by atoms with Gasteiger partial charge in [0.2, 0.25) is 5.95 Å². The van der Waals surface area contributed by atoms with Crippen LogP contribution in [0.15, 0.2) is 41.1 Å². The van der Waals surface area contributed by atoms with Gasteiger partial charge in [-0.25, -0.2) is 9.97 Å². The van der Waals surface area contributed by atoms with E-state index in [9.17, 15) is 0 Å². The van der Waals surface area contributed by atoms with Crippen molar-refractivity contribution in [2.75, 3.05) is 0 Å². The molecule has 300 valence electrons. The lowest BCUT2D eigenvalue weighted by molar-refractivity contribution is 0.601. The Labute approximate surface area is 404 Å². The van der Waals surface area contributed by atoms with Crippen molar-refractivity contribution < 1.29 is 4.42 Å². The van der Waals surface area contributed by atoms with Gasteiger partial charge in [-0.05, 0) is 45.3 Å². The second kappa shape index (κ2) is 15.1. The molecule has 0 atom stereocenters. The Bertz CT molecular complexity index is 3590. The fourth-order valence-corrected chi connectivity index (χ4v) is 12.0. The van der Waals surface area contributed by atoms with E-state index in [2.05, 4.69) is 187 Å². The molecule has 6 aromatic carbocycles. The molecule has 0 saturated carbocycles. The number of nitrogens with zero attached hydrogens (tertiary/aromatic N) is 5. The number of fused-ring (bicyclic) bond motifs is 8. The molecule has 10 rings (SSSR count). The van der Waals surface area contributed by atoms with Crippen LogP contribution >= 0.6 is 0 Å². The van der Waals surface area contributed by atoms with Gasteiger partial charge in [0.25, 0.3) is 0 Å². The lowest BCUT2D eigenvalue weighted by atomic mass is 9.60. The van der Waals surface area contributed by atoms with Crippen LogP contribution in [0.1, 0.15) is 25.0 Å². The van der Waals surface area contributed by atoms with E-state index in [1.54, 1.807) is 6.39 Å². The standard InChI is InChI=1S/C43H46B17N5O/c1-43(2)11-4-3-9(7-10(11)15-12(43)5-6-13-39(15)66-8-61-13)14-20(44)16-17-22(46)27(51)34(58)36(60)38(17)65(37(16)35(59)21(14)45)42-63-40(18-23(47)28(52)32(56)29(53)24(18)48)62-41(64-42)19-25(49)30(54)33(57)31(55)26(19)50/h3-8H,44-60H2,1-2H3. The van der Waals surface area contributed by atoms with Gasteiger partial charge < -0.3 is 4.42 Å². The number of aromatic nitrogens is 5. The molecule has 0 aliphatic heterocycles. The minimum Gasteiger partial charge on any atom is -0.443 e. The maximum atomic E-state index is 6.12. The highest BCUT2D eigenvalue weighted by Crippen LogP contribution is 2.52. The van der Waals surface area contributed by atoms with Crippen LogP contribution in [0.3, 0.4) is 0 Å². The van der Waals surface area contributed by atoms with Crippen molar-refractivity contribution in [1.82, 2.24) is 24.5 Å². The molecule has 23 heteroatoms. The second-order valence-electron chi connectivity index (χ2n) is 20.4. The van der Waals surface area contributed by atoms with Crippen LogP contribution in [0, 0.1) is 0 Å². The maximum Gasteiger partial charge on any atom is 0.238 e. The second-order valence-corrected chi connectivity index (χ2v) is 20.4. The van der Waals surface area contributed by atoms with Gasteiger partial charge in [0.05, 0.1) is 0 Å². The van der Waals surface area contributed by atoms with Gasteiger partial charge in [0.15, 0.2) is 23.6 Å². The predicted molar refractivity (Wildman–Crippen MR) is 335 cm³/mol. The molecule has 0 fully saturated rings. The van der Waals surface area contributed by atoms with Crippen LogP contribution in [0.5, 0.6) is 0 Å². The molecule has 0 unspecified atom stereocenters. The molecular formula is C43H46B17N5O. The largest absolute Gasteiger partial charge is 0.443 e. The van der Waals surface area contributed by atoms with Crippen molar-refractivity contribution in [3.63, 3.8) is 0 Å². The van der Waals surface area contributed by atoms with E-state index in [4.69, 9.17) is 19.4 Å². The molecule has 0 saturated heterocycles. The van der Waals surface area contributed by atoms with Crippen LogP contribution in [0.4, 0.5) is 0 Å². The molecule has 66 heavy (non-hydrogen) atoms. The number of benzene rings is 6. The summed E-state index contributed by atoms with van der Waals surface area (Å²) in [5.74, 6) is 2.07. The Hall–Kier alpha value is -5.30. The van der Waals surface area contributed by atoms with Crippen LogP contribution in [-0.4, -0.2) is 158 Å². The summed E-state index contributed by atoms with van der Waals surface area (Å²) >= 11 is 0. The molecule has 3 aromatic heterocycles. The van der Waals surface area contributed by atoms with Crippen molar-refractivity contribution in [2.45, 2.75) is 19.3 Å². The zero-order valence-electron chi connectivity index (χ0n) is 42.6. The first-order chi connectivity index (χ1) is 31.1.